The zero-order valence-corrected chi connectivity index (χ0v) is 6.84. The van der Waals surface area contributed by atoms with Crippen molar-refractivity contribution in [2.45, 2.75) is 32.2 Å². The lowest BCUT2D eigenvalue weighted by Crippen LogP contribution is -2.39. The number of aliphatic carboxylic acids is 1. The molecule has 0 aromatic rings. The monoisotopic (exact) mass is 157 g/mol. The highest BCUT2D eigenvalue weighted by atomic mass is 16.4. The van der Waals surface area contributed by atoms with E-state index in [-0.39, 0.29) is 0 Å². The van der Waals surface area contributed by atoms with Crippen molar-refractivity contribution in [2.75, 3.05) is 6.54 Å². The minimum atomic E-state index is -0.675. The molecule has 0 spiro atoms. The average molecular weight is 157 g/mol. The van der Waals surface area contributed by atoms with Crippen molar-refractivity contribution in [1.29, 1.82) is 0 Å². The fraction of sp³-hybridized carbons (Fsp3) is 0.875. The van der Waals surface area contributed by atoms with Gasteiger partial charge in [0.15, 0.2) is 0 Å². The highest BCUT2D eigenvalue weighted by molar-refractivity contribution is 5.67. The number of carboxylic acids is 1. The first-order valence-electron chi connectivity index (χ1n) is 4.15. The van der Waals surface area contributed by atoms with Crippen molar-refractivity contribution in [3.8, 4) is 0 Å². The van der Waals surface area contributed by atoms with Gasteiger partial charge < -0.3 is 10.4 Å². The van der Waals surface area contributed by atoms with Crippen molar-refractivity contribution in [2.24, 2.45) is 5.92 Å². The van der Waals surface area contributed by atoms with E-state index in [0.717, 1.165) is 19.4 Å². The van der Waals surface area contributed by atoms with Crippen LogP contribution in [-0.2, 0) is 4.79 Å². The van der Waals surface area contributed by atoms with Gasteiger partial charge in [0.1, 0.15) is 0 Å². The molecule has 0 unspecified atom stereocenters. The Morgan fingerprint density at radius 3 is 3.00 bits per heavy atom. The second-order valence-corrected chi connectivity index (χ2v) is 3.24. The molecular weight excluding hydrogens is 142 g/mol. The predicted molar refractivity (Wildman–Crippen MR) is 42.4 cm³/mol. The van der Waals surface area contributed by atoms with Crippen molar-refractivity contribution >= 4 is 5.97 Å². The van der Waals surface area contributed by atoms with E-state index in [9.17, 15) is 4.79 Å². The van der Waals surface area contributed by atoms with E-state index in [4.69, 9.17) is 5.11 Å². The van der Waals surface area contributed by atoms with Crippen molar-refractivity contribution < 1.29 is 9.90 Å². The van der Waals surface area contributed by atoms with Gasteiger partial charge in [0.05, 0.1) is 0 Å². The number of hydrogen-bond acceptors (Lipinski definition) is 2. The SMILES string of the molecule is C[C@H]1NCCC[C@H]1CC(=O)O. The summed E-state index contributed by atoms with van der Waals surface area (Å²) in [4.78, 5) is 10.4. The summed E-state index contributed by atoms with van der Waals surface area (Å²) >= 11 is 0. The maximum Gasteiger partial charge on any atom is 0.303 e. The fourth-order valence-electron chi connectivity index (χ4n) is 1.61. The normalized spacial score (nSPS) is 31.7. The third-order valence-electron chi connectivity index (χ3n) is 2.36. The van der Waals surface area contributed by atoms with Crippen LogP contribution in [0.25, 0.3) is 0 Å². The van der Waals surface area contributed by atoms with Gasteiger partial charge in [-0.3, -0.25) is 4.79 Å². The third kappa shape index (κ3) is 2.50. The van der Waals surface area contributed by atoms with Gasteiger partial charge in [-0.25, -0.2) is 0 Å². The first kappa shape index (κ1) is 8.53. The minimum absolute atomic E-state index is 0.314. The van der Waals surface area contributed by atoms with E-state index in [2.05, 4.69) is 12.2 Å². The number of rotatable bonds is 2. The van der Waals surface area contributed by atoms with Crippen LogP contribution < -0.4 is 5.32 Å². The van der Waals surface area contributed by atoms with Crippen LogP contribution in [-0.4, -0.2) is 23.7 Å². The van der Waals surface area contributed by atoms with E-state index < -0.39 is 5.97 Å². The lowest BCUT2D eigenvalue weighted by Gasteiger charge is -2.28. The quantitative estimate of drug-likeness (QED) is 0.624. The van der Waals surface area contributed by atoms with Crippen LogP contribution >= 0.6 is 0 Å². The highest BCUT2D eigenvalue weighted by Gasteiger charge is 2.22. The summed E-state index contributed by atoms with van der Waals surface area (Å²) < 4.78 is 0. The first-order chi connectivity index (χ1) is 5.20. The number of piperidine rings is 1. The molecular formula is C8H15NO2. The molecule has 1 fully saturated rings. The van der Waals surface area contributed by atoms with Gasteiger partial charge in [-0.2, -0.15) is 0 Å². The van der Waals surface area contributed by atoms with Gasteiger partial charge in [0.2, 0.25) is 0 Å². The Kier molecular flexibility index (Phi) is 2.88. The molecule has 1 aliphatic rings. The lowest BCUT2D eigenvalue weighted by molar-refractivity contribution is -0.138. The standard InChI is InChI=1S/C8H15NO2/c1-6-7(5-8(10)11)3-2-4-9-6/h6-7,9H,2-5H2,1H3,(H,10,11)/t6-,7+/m1/s1. The molecule has 1 heterocycles. The molecule has 0 radical (unpaired) electrons. The van der Waals surface area contributed by atoms with Gasteiger partial charge in [-0.05, 0) is 32.2 Å². The molecule has 11 heavy (non-hydrogen) atoms. The van der Waals surface area contributed by atoms with Gasteiger partial charge in [-0.1, -0.05) is 0 Å². The van der Waals surface area contributed by atoms with E-state index in [1.54, 1.807) is 0 Å². The highest BCUT2D eigenvalue weighted by Crippen LogP contribution is 2.19. The van der Waals surface area contributed by atoms with Crippen LogP contribution in [0.5, 0.6) is 0 Å². The maximum atomic E-state index is 10.4. The Morgan fingerprint density at radius 2 is 2.45 bits per heavy atom. The summed E-state index contributed by atoms with van der Waals surface area (Å²) in [5.41, 5.74) is 0. The number of nitrogens with one attached hydrogen (secondary N) is 1. The fourth-order valence-corrected chi connectivity index (χ4v) is 1.61. The summed E-state index contributed by atoms with van der Waals surface area (Å²) in [5, 5.41) is 11.8. The van der Waals surface area contributed by atoms with Gasteiger partial charge >= 0.3 is 5.97 Å². The molecule has 0 aliphatic carbocycles. The molecule has 3 heteroatoms. The number of carbonyl (C=O) groups is 1. The van der Waals surface area contributed by atoms with Crippen LogP contribution in [0.1, 0.15) is 26.2 Å². The molecule has 0 saturated carbocycles. The number of carboxylic acid groups (broad SMARTS) is 1. The second-order valence-electron chi connectivity index (χ2n) is 3.24. The minimum Gasteiger partial charge on any atom is -0.481 e. The Hall–Kier alpha value is -0.570. The predicted octanol–water partition coefficient (Wildman–Crippen LogP) is 0.849. The molecule has 1 aliphatic heterocycles. The van der Waals surface area contributed by atoms with Gasteiger partial charge in [-0.15, -0.1) is 0 Å². The molecule has 0 aromatic carbocycles. The molecule has 2 atom stereocenters. The van der Waals surface area contributed by atoms with Crippen molar-refractivity contribution in [3.63, 3.8) is 0 Å². The zero-order valence-electron chi connectivity index (χ0n) is 6.84. The van der Waals surface area contributed by atoms with Gasteiger partial charge in [0.25, 0.3) is 0 Å². The molecule has 3 nitrogen and oxygen atoms in total. The molecule has 0 amide bonds. The number of hydrogen-bond donors (Lipinski definition) is 2. The smallest absolute Gasteiger partial charge is 0.303 e. The lowest BCUT2D eigenvalue weighted by atomic mass is 9.89. The van der Waals surface area contributed by atoms with E-state index >= 15 is 0 Å². The Morgan fingerprint density at radius 1 is 1.73 bits per heavy atom. The molecule has 0 aromatic heterocycles. The largest absolute Gasteiger partial charge is 0.481 e. The molecule has 1 rings (SSSR count). The third-order valence-corrected chi connectivity index (χ3v) is 2.36. The summed E-state index contributed by atoms with van der Waals surface area (Å²) in [5.74, 6) is -0.341. The van der Waals surface area contributed by atoms with Crippen LogP contribution in [0.4, 0.5) is 0 Å². The first-order valence-corrected chi connectivity index (χ1v) is 4.15. The Labute approximate surface area is 66.8 Å². The maximum absolute atomic E-state index is 10.4. The Bertz CT molecular complexity index is 147. The van der Waals surface area contributed by atoms with Crippen LogP contribution in [0.2, 0.25) is 0 Å². The van der Waals surface area contributed by atoms with E-state index in [1.807, 2.05) is 0 Å². The van der Waals surface area contributed by atoms with Crippen LogP contribution in [0, 0.1) is 5.92 Å². The molecule has 2 N–H and O–H groups in total. The van der Waals surface area contributed by atoms with Gasteiger partial charge in [0, 0.05) is 12.5 Å². The second kappa shape index (κ2) is 3.72. The molecule has 64 valence electrons. The van der Waals surface area contributed by atoms with Crippen LogP contribution in [0.15, 0.2) is 0 Å². The molecule has 0 bridgehead atoms. The molecule has 1 saturated heterocycles. The topological polar surface area (TPSA) is 49.3 Å². The zero-order chi connectivity index (χ0) is 8.27. The Balaban J connectivity index is 2.35. The summed E-state index contributed by atoms with van der Waals surface area (Å²) in [6.45, 7) is 3.10. The van der Waals surface area contributed by atoms with Crippen molar-refractivity contribution in [1.82, 2.24) is 5.32 Å². The summed E-state index contributed by atoms with van der Waals surface area (Å²) in [7, 11) is 0. The van der Waals surface area contributed by atoms with E-state index in [0.29, 0.717) is 18.4 Å². The average Bonchev–Trinajstić information content (AvgIpc) is 1.93. The van der Waals surface area contributed by atoms with Crippen LogP contribution in [0.3, 0.4) is 0 Å². The van der Waals surface area contributed by atoms with Crippen molar-refractivity contribution in [3.05, 3.63) is 0 Å². The summed E-state index contributed by atoms with van der Waals surface area (Å²) in [6, 6.07) is 0.375. The summed E-state index contributed by atoms with van der Waals surface area (Å²) in [6.07, 6.45) is 2.48. The van der Waals surface area contributed by atoms with E-state index in [1.165, 1.54) is 0 Å².